The van der Waals surface area contributed by atoms with E-state index in [0.717, 1.165) is 24.1 Å². The molecule has 0 unspecified atom stereocenters. The molecule has 1 heterocycles. The lowest BCUT2D eigenvalue weighted by molar-refractivity contribution is 0.539. The van der Waals surface area contributed by atoms with Gasteiger partial charge in [0.25, 0.3) is 0 Å². The maximum Gasteiger partial charge on any atom is 0.0632 e. The molecule has 0 fully saturated rings. The van der Waals surface area contributed by atoms with E-state index in [1.807, 2.05) is 17.1 Å². The molecule has 0 spiro atoms. The maximum absolute atomic E-state index is 4.18. The molecule has 1 rings (SSSR count). The quantitative estimate of drug-likeness (QED) is 0.763. The molecule has 0 aliphatic rings. The molecule has 1 aromatic heterocycles. The van der Waals surface area contributed by atoms with E-state index < -0.39 is 0 Å². The van der Waals surface area contributed by atoms with E-state index in [1.165, 1.54) is 19.3 Å². The lowest BCUT2D eigenvalue weighted by Crippen LogP contribution is -2.21. The number of nitrogens with zero attached hydrogens (tertiary/aromatic N) is 2. The molecule has 0 aliphatic carbocycles. The van der Waals surface area contributed by atoms with Gasteiger partial charge in [-0.3, -0.25) is 4.68 Å². The molecule has 80 valence electrons. The molecule has 0 saturated heterocycles. The van der Waals surface area contributed by atoms with Gasteiger partial charge in [-0.25, -0.2) is 0 Å². The van der Waals surface area contributed by atoms with Crippen LogP contribution in [0, 0.1) is 0 Å². The van der Waals surface area contributed by atoms with Crippen LogP contribution in [0.3, 0.4) is 0 Å². The lowest BCUT2D eigenvalue weighted by Gasteiger charge is -2.03. The van der Waals surface area contributed by atoms with Gasteiger partial charge in [0.1, 0.15) is 0 Å². The highest BCUT2D eigenvalue weighted by atomic mass is 79.9. The molecule has 0 aliphatic heterocycles. The summed E-state index contributed by atoms with van der Waals surface area (Å²) in [5.74, 6) is 0. The Morgan fingerprint density at radius 3 is 2.93 bits per heavy atom. The molecule has 0 aromatic carbocycles. The smallest absolute Gasteiger partial charge is 0.0632 e. The first-order valence-corrected chi connectivity index (χ1v) is 6.01. The van der Waals surface area contributed by atoms with Gasteiger partial charge in [0.05, 0.1) is 17.2 Å². The summed E-state index contributed by atoms with van der Waals surface area (Å²) >= 11 is 3.37. The zero-order valence-corrected chi connectivity index (χ0v) is 10.3. The van der Waals surface area contributed by atoms with Crippen LogP contribution in [-0.2, 0) is 6.54 Å². The Balaban J connectivity index is 1.99. The zero-order chi connectivity index (χ0) is 10.2. The van der Waals surface area contributed by atoms with Crippen LogP contribution in [0.1, 0.15) is 26.2 Å². The molecule has 1 aromatic rings. The van der Waals surface area contributed by atoms with Crippen molar-refractivity contribution in [3.63, 3.8) is 0 Å². The minimum Gasteiger partial charge on any atom is -0.315 e. The predicted octanol–water partition coefficient (Wildman–Crippen LogP) is 2.43. The Hall–Kier alpha value is -0.350. The first-order chi connectivity index (χ1) is 6.83. The molecule has 0 radical (unpaired) electrons. The second-order valence-electron chi connectivity index (χ2n) is 3.38. The average Bonchev–Trinajstić information content (AvgIpc) is 2.58. The minimum atomic E-state index is 0.942. The highest BCUT2D eigenvalue weighted by molar-refractivity contribution is 9.10. The van der Waals surface area contributed by atoms with Crippen molar-refractivity contribution >= 4 is 15.9 Å². The SMILES string of the molecule is CCCCCNCCn1cc(Br)cn1. The van der Waals surface area contributed by atoms with E-state index in [1.54, 1.807) is 0 Å². The first-order valence-electron chi connectivity index (χ1n) is 5.21. The van der Waals surface area contributed by atoms with Crippen LogP contribution in [0.2, 0.25) is 0 Å². The highest BCUT2D eigenvalue weighted by Gasteiger charge is 1.93. The van der Waals surface area contributed by atoms with E-state index in [9.17, 15) is 0 Å². The van der Waals surface area contributed by atoms with Crippen molar-refractivity contribution in [2.24, 2.45) is 0 Å². The number of rotatable bonds is 7. The normalized spacial score (nSPS) is 10.7. The monoisotopic (exact) mass is 259 g/mol. The average molecular weight is 260 g/mol. The van der Waals surface area contributed by atoms with Crippen LogP contribution in [0.5, 0.6) is 0 Å². The maximum atomic E-state index is 4.18. The largest absolute Gasteiger partial charge is 0.315 e. The topological polar surface area (TPSA) is 29.9 Å². The predicted molar refractivity (Wildman–Crippen MR) is 62.3 cm³/mol. The molecule has 3 nitrogen and oxygen atoms in total. The molecule has 0 atom stereocenters. The minimum absolute atomic E-state index is 0.942. The molecule has 0 bridgehead atoms. The molecule has 0 amide bonds. The van der Waals surface area contributed by atoms with Gasteiger partial charge in [0.2, 0.25) is 0 Å². The van der Waals surface area contributed by atoms with Crippen molar-refractivity contribution in [3.8, 4) is 0 Å². The molecular formula is C10H18BrN3. The molecule has 14 heavy (non-hydrogen) atoms. The van der Waals surface area contributed by atoms with Crippen LogP contribution in [0.15, 0.2) is 16.9 Å². The van der Waals surface area contributed by atoms with Crippen molar-refractivity contribution < 1.29 is 0 Å². The van der Waals surface area contributed by atoms with Crippen molar-refractivity contribution in [2.45, 2.75) is 32.7 Å². The van der Waals surface area contributed by atoms with Crippen LogP contribution in [0.4, 0.5) is 0 Å². The van der Waals surface area contributed by atoms with Crippen LogP contribution in [0.25, 0.3) is 0 Å². The van der Waals surface area contributed by atoms with Gasteiger partial charge in [0, 0.05) is 12.7 Å². The van der Waals surface area contributed by atoms with E-state index in [0.29, 0.717) is 0 Å². The Labute approximate surface area is 94.0 Å². The van der Waals surface area contributed by atoms with E-state index in [2.05, 4.69) is 33.3 Å². The third-order valence-electron chi connectivity index (χ3n) is 2.08. The molecule has 0 saturated carbocycles. The summed E-state index contributed by atoms with van der Waals surface area (Å²) in [7, 11) is 0. The standard InChI is InChI=1S/C10H18BrN3/c1-2-3-4-5-12-6-7-14-9-10(11)8-13-14/h8-9,12H,2-7H2,1H3. The number of hydrogen-bond donors (Lipinski definition) is 1. The number of nitrogens with one attached hydrogen (secondary N) is 1. The number of hydrogen-bond acceptors (Lipinski definition) is 2. The number of halogens is 1. The third kappa shape index (κ3) is 4.77. The fourth-order valence-corrected chi connectivity index (χ4v) is 1.61. The van der Waals surface area contributed by atoms with Crippen molar-refractivity contribution in [1.29, 1.82) is 0 Å². The van der Waals surface area contributed by atoms with Crippen molar-refractivity contribution in [2.75, 3.05) is 13.1 Å². The van der Waals surface area contributed by atoms with E-state index >= 15 is 0 Å². The van der Waals surface area contributed by atoms with Gasteiger partial charge < -0.3 is 5.32 Å². The number of unbranched alkanes of at least 4 members (excludes halogenated alkanes) is 2. The summed E-state index contributed by atoms with van der Waals surface area (Å²) in [5, 5.41) is 7.58. The Morgan fingerprint density at radius 1 is 1.43 bits per heavy atom. The summed E-state index contributed by atoms with van der Waals surface area (Å²) in [6, 6.07) is 0. The molecule has 1 N–H and O–H groups in total. The fourth-order valence-electron chi connectivity index (χ4n) is 1.28. The van der Waals surface area contributed by atoms with Crippen molar-refractivity contribution in [3.05, 3.63) is 16.9 Å². The second-order valence-corrected chi connectivity index (χ2v) is 4.29. The summed E-state index contributed by atoms with van der Waals surface area (Å²) in [6.45, 7) is 5.28. The van der Waals surface area contributed by atoms with Gasteiger partial charge in [-0.05, 0) is 28.9 Å². The Morgan fingerprint density at radius 2 is 2.29 bits per heavy atom. The zero-order valence-electron chi connectivity index (χ0n) is 8.67. The first kappa shape index (κ1) is 11.7. The van der Waals surface area contributed by atoms with Gasteiger partial charge in [-0.15, -0.1) is 0 Å². The Kier molecular flexibility index (Phi) is 5.87. The Bertz CT molecular complexity index is 247. The van der Waals surface area contributed by atoms with Crippen LogP contribution in [-0.4, -0.2) is 22.9 Å². The summed E-state index contributed by atoms with van der Waals surface area (Å²) < 4.78 is 2.99. The van der Waals surface area contributed by atoms with Crippen molar-refractivity contribution in [1.82, 2.24) is 15.1 Å². The molecular weight excluding hydrogens is 242 g/mol. The van der Waals surface area contributed by atoms with Crippen LogP contribution >= 0.6 is 15.9 Å². The lowest BCUT2D eigenvalue weighted by atomic mass is 10.2. The van der Waals surface area contributed by atoms with E-state index in [4.69, 9.17) is 0 Å². The summed E-state index contributed by atoms with van der Waals surface area (Å²) in [6.07, 6.45) is 7.69. The highest BCUT2D eigenvalue weighted by Crippen LogP contribution is 2.05. The van der Waals surface area contributed by atoms with Gasteiger partial charge in [-0.2, -0.15) is 5.10 Å². The fraction of sp³-hybridized carbons (Fsp3) is 0.700. The molecule has 4 heteroatoms. The number of aromatic nitrogens is 2. The van der Waals surface area contributed by atoms with Gasteiger partial charge >= 0.3 is 0 Å². The second kappa shape index (κ2) is 7.01. The van der Waals surface area contributed by atoms with Crippen LogP contribution < -0.4 is 5.32 Å². The summed E-state index contributed by atoms with van der Waals surface area (Å²) in [4.78, 5) is 0. The van der Waals surface area contributed by atoms with E-state index in [-0.39, 0.29) is 0 Å². The van der Waals surface area contributed by atoms with Gasteiger partial charge in [0.15, 0.2) is 0 Å². The third-order valence-corrected chi connectivity index (χ3v) is 2.49. The summed E-state index contributed by atoms with van der Waals surface area (Å²) in [5.41, 5.74) is 0. The van der Waals surface area contributed by atoms with Gasteiger partial charge in [-0.1, -0.05) is 19.8 Å².